The molecule has 0 unspecified atom stereocenters. The number of Topliss-reactive ketones (excluding diaryl/α,β-unsaturated/α-hetero) is 1. The Bertz CT molecular complexity index is 769. The van der Waals surface area contributed by atoms with Crippen LogP contribution in [0.25, 0.3) is 0 Å². The zero-order chi connectivity index (χ0) is 18.4. The molecule has 0 saturated carbocycles. The van der Waals surface area contributed by atoms with E-state index in [2.05, 4.69) is 21.2 Å². The Morgan fingerprint density at radius 3 is 2.20 bits per heavy atom. The van der Waals surface area contributed by atoms with Crippen molar-refractivity contribution in [3.05, 3.63) is 64.1 Å². The van der Waals surface area contributed by atoms with Crippen LogP contribution in [0.15, 0.2) is 53.0 Å². The number of carbonyl (C=O) groups excluding carboxylic acids is 3. The fourth-order valence-corrected chi connectivity index (χ4v) is 2.36. The van der Waals surface area contributed by atoms with Crippen LogP contribution in [0, 0.1) is 0 Å². The Morgan fingerprint density at radius 1 is 1.04 bits per heavy atom. The molecule has 0 spiro atoms. The van der Waals surface area contributed by atoms with E-state index in [1.165, 1.54) is 13.8 Å². The Labute approximate surface area is 154 Å². The summed E-state index contributed by atoms with van der Waals surface area (Å²) in [4.78, 5) is 35.3. The van der Waals surface area contributed by atoms with Gasteiger partial charge >= 0.3 is 5.97 Å². The van der Waals surface area contributed by atoms with E-state index >= 15 is 0 Å². The lowest BCUT2D eigenvalue weighted by molar-refractivity contribution is -0.152. The number of ether oxygens (including phenoxy) is 1. The predicted octanol–water partition coefficient (Wildman–Crippen LogP) is 3.76. The van der Waals surface area contributed by atoms with Gasteiger partial charge in [0.25, 0.3) is 5.91 Å². The van der Waals surface area contributed by atoms with Gasteiger partial charge in [0, 0.05) is 15.7 Å². The molecule has 2 aromatic carbocycles. The number of carbonyl (C=O) groups is 3. The third kappa shape index (κ3) is 5.83. The van der Waals surface area contributed by atoms with Crippen molar-refractivity contribution in [1.82, 2.24) is 0 Å². The van der Waals surface area contributed by atoms with Gasteiger partial charge in [-0.2, -0.15) is 0 Å². The maximum Gasteiger partial charge on any atom is 0.311 e. The molecule has 0 aliphatic heterocycles. The van der Waals surface area contributed by atoms with E-state index in [9.17, 15) is 14.4 Å². The van der Waals surface area contributed by atoms with Gasteiger partial charge in [-0.05, 0) is 55.8 Å². The number of halogens is 1. The summed E-state index contributed by atoms with van der Waals surface area (Å²) in [5, 5.41) is 2.65. The third-order valence-corrected chi connectivity index (χ3v) is 4.03. The largest absolute Gasteiger partial charge is 0.452 e. The van der Waals surface area contributed by atoms with Gasteiger partial charge in [-0.1, -0.05) is 28.1 Å². The third-order valence-electron chi connectivity index (χ3n) is 3.50. The second-order valence-electron chi connectivity index (χ2n) is 5.56. The first kappa shape index (κ1) is 18.9. The van der Waals surface area contributed by atoms with Crippen molar-refractivity contribution in [1.29, 1.82) is 0 Å². The number of benzene rings is 2. The molecule has 0 aliphatic rings. The minimum atomic E-state index is -0.921. The fraction of sp³-hybridized carbons (Fsp3) is 0.211. The zero-order valence-electron chi connectivity index (χ0n) is 13.9. The lowest BCUT2D eigenvalue weighted by atomic mass is 10.1. The summed E-state index contributed by atoms with van der Waals surface area (Å²) < 4.78 is 6.09. The summed E-state index contributed by atoms with van der Waals surface area (Å²) in [6.45, 7) is 2.99. The first-order valence-electron chi connectivity index (χ1n) is 7.71. The van der Waals surface area contributed by atoms with Gasteiger partial charge in [-0.15, -0.1) is 0 Å². The number of rotatable bonds is 6. The number of esters is 1. The minimum Gasteiger partial charge on any atom is -0.452 e. The molecule has 0 radical (unpaired) electrons. The van der Waals surface area contributed by atoms with Gasteiger partial charge in [0.2, 0.25) is 0 Å². The Balaban J connectivity index is 1.87. The SMILES string of the molecule is CC(=O)c1ccc(NC(=O)[C@H](C)OC(=O)Cc2ccc(Br)cc2)cc1. The molecular formula is C19H18BrNO4. The Hall–Kier alpha value is -2.47. The molecular weight excluding hydrogens is 386 g/mol. The lowest BCUT2D eigenvalue weighted by Crippen LogP contribution is -2.30. The molecule has 5 nitrogen and oxygen atoms in total. The summed E-state index contributed by atoms with van der Waals surface area (Å²) in [5.41, 5.74) is 1.90. The van der Waals surface area contributed by atoms with Crippen molar-refractivity contribution in [2.75, 3.05) is 5.32 Å². The molecule has 0 aromatic heterocycles. The van der Waals surface area contributed by atoms with Crippen LogP contribution >= 0.6 is 15.9 Å². The van der Waals surface area contributed by atoms with Crippen LogP contribution in [0.1, 0.15) is 29.8 Å². The van der Waals surface area contributed by atoms with Gasteiger partial charge in [0.1, 0.15) is 0 Å². The van der Waals surface area contributed by atoms with Crippen LogP contribution in [-0.4, -0.2) is 23.8 Å². The first-order valence-corrected chi connectivity index (χ1v) is 8.50. The van der Waals surface area contributed by atoms with E-state index in [1.807, 2.05) is 24.3 Å². The highest BCUT2D eigenvalue weighted by molar-refractivity contribution is 9.10. The number of amides is 1. The Kier molecular flexibility index (Phi) is 6.47. The smallest absolute Gasteiger partial charge is 0.311 e. The van der Waals surface area contributed by atoms with Crippen LogP contribution in [-0.2, 0) is 20.7 Å². The van der Waals surface area contributed by atoms with Crippen LogP contribution < -0.4 is 5.32 Å². The lowest BCUT2D eigenvalue weighted by Gasteiger charge is -2.14. The molecule has 0 saturated heterocycles. The van der Waals surface area contributed by atoms with Gasteiger partial charge in [0.05, 0.1) is 6.42 Å². The number of nitrogens with one attached hydrogen (secondary N) is 1. The average molecular weight is 404 g/mol. The maximum absolute atomic E-state index is 12.1. The summed E-state index contributed by atoms with van der Waals surface area (Å²) in [6, 6.07) is 13.8. The predicted molar refractivity (Wildman–Crippen MR) is 98.5 cm³/mol. The van der Waals surface area contributed by atoms with Crippen molar-refractivity contribution < 1.29 is 19.1 Å². The highest BCUT2D eigenvalue weighted by atomic mass is 79.9. The normalized spacial score (nSPS) is 11.5. The summed E-state index contributed by atoms with van der Waals surface area (Å²) in [7, 11) is 0. The molecule has 0 fully saturated rings. The minimum absolute atomic E-state index is 0.0480. The van der Waals surface area contributed by atoms with E-state index in [-0.39, 0.29) is 12.2 Å². The molecule has 0 aliphatic carbocycles. The van der Waals surface area contributed by atoms with Gasteiger partial charge in [-0.25, -0.2) is 0 Å². The summed E-state index contributed by atoms with van der Waals surface area (Å²) in [5.74, 6) is -0.954. The van der Waals surface area contributed by atoms with Crippen LogP contribution in [0.4, 0.5) is 5.69 Å². The quantitative estimate of drug-likeness (QED) is 0.588. The van der Waals surface area contributed by atoms with Gasteiger partial charge in [0.15, 0.2) is 11.9 Å². The topological polar surface area (TPSA) is 72.5 Å². The molecule has 130 valence electrons. The molecule has 0 heterocycles. The average Bonchev–Trinajstić information content (AvgIpc) is 2.57. The number of hydrogen-bond donors (Lipinski definition) is 1. The molecule has 6 heteroatoms. The first-order chi connectivity index (χ1) is 11.8. The molecule has 1 atom stereocenters. The number of ketones is 1. The fourth-order valence-electron chi connectivity index (χ4n) is 2.09. The van der Waals surface area contributed by atoms with Gasteiger partial charge < -0.3 is 10.1 Å². The van der Waals surface area contributed by atoms with Crippen molar-refractivity contribution in [3.8, 4) is 0 Å². The summed E-state index contributed by atoms with van der Waals surface area (Å²) in [6.07, 6.45) is -0.825. The van der Waals surface area contributed by atoms with E-state index in [4.69, 9.17) is 4.74 Å². The molecule has 2 rings (SSSR count). The zero-order valence-corrected chi connectivity index (χ0v) is 15.5. The van der Waals surface area contributed by atoms with E-state index in [0.29, 0.717) is 11.3 Å². The number of anilines is 1. The van der Waals surface area contributed by atoms with Crippen molar-refractivity contribution >= 4 is 39.3 Å². The standard InChI is InChI=1S/C19H18BrNO4/c1-12(22)15-5-9-17(10-6-15)21-19(24)13(2)25-18(23)11-14-3-7-16(20)8-4-14/h3-10,13H,11H2,1-2H3,(H,21,24)/t13-/m0/s1. The highest BCUT2D eigenvalue weighted by Gasteiger charge is 2.18. The van der Waals surface area contributed by atoms with E-state index < -0.39 is 18.0 Å². The van der Waals surface area contributed by atoms with Gasteiger partial charge in [-0.3, -0.25) is 14.4 Å². The molecule has 1 amide bonds. The number of hydrogen-bond acceptors (Lipinski definition) is 4. The second kappa shape index (κ2) is 8.58. The molecule has 2 aromatic rings. The van der Waals surface area contributed by atoms with Crippen LogP contribution in [0.3, 0.4) is 0 Å². The van der Waals surface area contributed by atoms with E-state index in [0.717, 1.165) is 10.0 Å². The highest BCUT2D eigenvalue weighted by Crippen LogP contribution is 2.13. The van der Waals surface area contributed by atoms with Crippen LogP contribution in [0.5, 0.6) is 0 Å². The molecule has 0 bridgehead atoms. The second-order valence-corrected chi connectivity index (χ2v) is 6.47. The van der Waals surface area contributed by atoms with Crippen LogP contribution in [0.2, 0.25) is 0 Å². The maximum atomic E-state index is 12.1. The van der Waals surface area contributed by atoms with Crippen molar-refractivity contribution in [2.24, 2.45) is 0 Å². The summed E-state index contributed by atoms with van der Waals surface area (Å²) >= 11 is 3.33. The monoisotopic (exact) mass is 403 g/mol. The van der Waals surface area contributed by atoms with Crippen molar-refractivity contribution in [3.63, 3.8) is 0 Å². The molecule has 25 heavy (non-hydrogen) atoms. The molecule has 1 N–H and O–H groups in total. The van der Waals surface area contributed by atoms with E-state index in [1.54, 1.807) is 24.3 Å². The Morgan fingerprint density at radius 2 is 1.64 bits per heavy atom. The van der Waals surface area contributed by atoms with Crippen molar-refractivity contribution in [2.45, 2.75) is 26.4 Å².